The summed E-state index contributed by atoms with van der Waals surface area (Å²) in [4.78, 5) is 18.2. The highest BCUT2D eigenvalue weighted by atomic mass is 79.9. The zero-order valence-corrected chi connectivity index (χ0v) is 13.5. The summed E-state index contributed by atoms with van der Waals surface area (Å²) in [5.41, 5.74) is 0.0182. The van der Waals surface area contributed by atoms with Crippen LogP contribution in [0.5, 0.6) is 0 Å². The zero-order chi connectivity index (χ0) is 14.7. The molecular formula is C13H14BrN3O2S. The molecule has 0 N–H and O–H groups in total. The number of pyridine rings is 1. The Bertz CT molecular complexity index is 602. The van der Waals surface area contributed by atoms with Gasteiger partial charge in [0.25, 0.3) is 0 Å². The van der Waals surface area contributed by atoms with Crippen LogP contribution in [0.3, 0.4) is 0 Å². The second-order valence-electron chi connectivity index (χ2n) is 4.55. The fourth-order valence-corrected chi connectivity index (χ4v) is 2.87. The van der Waals surface area contributed by atoms with E-state index in [1.54, 1.807) is 17.5 Å². The van der Waals surface area contributed by atoms with Gasteiger partial charge in [-0.2, -0.15) is 0 Å². The fraction of sp³-hybridized carbons (Fsp3) is 0.308. The first-order chi connectivity index (χ1) is 9.49. The zero-order valence-electron chi connectivity index (χ0n) is 11.1. The first kappa shape index (κ1) is 14.9. The van der Waals surface area contributed by atoms with E-state index in [-0.39, 0.29) is 11.7 Å². The lowest BCUT2D eigenvalue weighted by atomic mass is 10.2. The van der Waals surface area contributed by atoms with Crippen molar-refractivity contribution >= 4 is 38.8 Å². The molecule has 2 heterocycles. The van der Waals surface area contributed by atoms with Gasteiger partial charge in [-0.05, 0) is 41.2 Å². The standard InChI is InChI=1S/C13H14BrN3O2S/c1-9(2)16(8-11-4-3-5-20-11)13-12(17(18)19)6-10(14)7-15-13/h3-7,9H,8H2,1-2H3. The van der Waals surface area contributed by atoms with Gasteiger partial charge in [0.15, 0.2) is 0 Å². The Morgan fingerprint density at radius 1 is 1.55 bits per heavy atom. The van der Waals surface area contributed by atoms with Crippen LogP contribution in [-0.2, 0) is 6.54 Å². The summed E-state index contributed by atoms with van der Waals surface area (Å²) < 4.78 is 0.604. The first-order valence-corrected chi connectivity index (χ1v) is 7.75. The summed E-state index contributed by atoms with van der Waals surface area (Å²) in [5, 5.41) is 13.2. The van der Waals surface area contributed by atoms with Crippen LogP contribution in [0.25, 0.3) is 0 Å². The number of hydrogen-bond donors (Lipinski definition) is 0. The number of aromatic nitrogens is 1. The van der Waals surface area contributed by atoms with Gasteiger partial charge in [-0.15, -0.1) is 11.3 Å². The summed E-state index contributed by atoms with van der Waals surface area (Å²) >= 11 is 4.86. The van der Waals surface area contributed by atoms with Gasteiger partial charge < -0.3 is 4.90 Å². The van der Waals surface area contributed by atoms with E-state index in [0.29, 0.717) is 16.8 Å². The molecule has 0 fully saturated rings. The van der Waals surface area contributed by atoms with Crippen LogP contribution >= 0.6 is 27.3 Å². The van der Waals surface area contributed by atoms with E-state index in [9.17, 15) is 10.1 Å². The van der Waals surface area contributed by atoms with Gasteiger partial charge in [0, 0.05) is 27.7 Å². The van der Waals surface area contributed by atoms with Gasteiger partial charge in [0.05, 0.1) is 11.5 Å². The van der Waals surface area contributed by atoms with E-state index in [2.05, 4.69) is 20.9 Å². The minimum Gasteiger partial charge on any atom is -0.343 e. The van der Waals surface area contributed by atoms with Crippen LogP contribution in [-0.4, -0.2) is 15.9 Å². The molecule has 0 aliphatic carbocycles. The van der Waals surface area contributed by atoms with E-state index in [0.717, 1.165) is 4.88 Å². The summed E-state index contributed by atoms with van der Waals surface area (Å²) in [7, 11) is 0. The number of nitro groups is 1. The van der Waals surface area contributed by atoms with Crippen LogP contribution in [0.4, 0.5) is 11.5 Å². The molecule has 7 heteroatoms. The van der Waals surface area contributed by atoms with Crippen molar-refractivity contribution < 1.29 is 4.92 Å². The van der Waals surface area contributed by atoms with Crippen molar-refractivity contribution in [2.24, 2.45) is 0 Å². The number of hydrogen-bond acceptors (Lipinski definition) is 5. The van der Waals surface area contributed by atoms with Gasteiger partial charge in [-0.1, -0.05) is 6.07 Å². The first-order valence-electron chi connectivity index (χ1n) is 6.08. The van der Waals surface area contributed by atoms with Crippen molar-refractivity contribution in [1.82, 2.24) is 4.98 Å². The third kappa shape index (κ3) is 3.34. The normalized spacial score (nSPS) is 10.8. The van der Waals surface area contributed by atoms with Crippen LogP contribution in [0.15, 0.2) is 34.2 Å². The van der Waals surface area contributed by atoms with Gasteiger partial charge in [-0.3, -0.25) is 10.1 Å². The Morgan fingerprint density at radius 3 is 2.85 bits per heavy atom. The molecule has 5 nitrogen and oxygen atoms in total. The number of rotatable bonds is 5. The summed E-state index contributed by atoms with van der Waals surface area (Å²) in [6.45, 7) is 4.62. The Balaban J connectivity index is 2.41. The lowest BCUT2D eigenvalue weighted by molar-refractivity contribution is -0.384. The van der Waals surface area contributed by atoms with Crippen LogP contribution in [0.1, 0.15) is 18.7 Å². The second-order valence-corrected chi connectivity index (χ2v) is 6.50. The molecule has 0 atom stereocenters. The highest BCUT2D eigenvalue weighted by Crippen LogP contribution is 2.31. The van der Waals surface area contributed by atoms with E-state index < -0.39 is 4.92 Å². The molecule has 106 valence electrons. The Labute approximate surface area is 129 Å². The molecule has 0 bridgehead atoms. The number of halogens is 1. The molecule has 2 rings (SSSR count). The second kappa shape index (κ2) is 6.32. The minimum atomic E-state index is -0.392. The Morgan fingerprint density at radius 2 is 2.30 bits per heavy atom. The fourth-order valence-electron chi connectivity index (χ4n) is 1.85. The molecule has 0 spiro atoms. The quantitative estimate of drug-likeness (QED) is 0.594. The highest BCUT2D eigenvalue weighted by Gasteiger charge is 2.24. The van der Waals surface area contributed by atoms with Gasteiger partial charge >= 0.3 is 5.69 Å². The van der Waals surface area contributed by atoms with Crippen molar-refractivity contribution in [2.45, 2.75) is 26.4 Å². The van der Waals surface area contributed by atoms with Gasteiger partial charge in [-0.25, -0.2) is 4.98 Å². The van der Waals surface area contributed by atoms with Crippen molar-refractivity contribution in [3.8, 4) is 0 Å². The lowest BCUT2D eigenvalue weighted by Crippen LogP contribution is -2.31. The Kier molecular flexibility index (Phi) is 4.72. The molecular weight excluding hydrogens is 342 g/mol. The number of anilines is 1. The SMILES string of the molecule is CC(C)N(Cc1cccs1)c1ncc(Br)cc1[N+](=O)[O-]. The average molecular weight is 356 g/mol. The summed E-state index contributed by atoms with van der Waals surface area (Å²) in [6.07, 6.45) is 1.59. The molecule has 20 heavy (non-hydrogen) atoms. The maximum atomic E-state index is 11.2. The van der Waals surface area contributed by atoms with E-state index in [4.69, 9.17) is 0 Å². The molecule has 2 aromatic heterocycles. The molecule has 0 aliphatic rings. The lowest BCUT2D eigenvalue weighted by Gasteiger charge is -2.26. The summed E-state index contributed by atoms with van der Waals surface area (Å²) in [5.74, 6) is 0.404. The Hall–Kier alpha value is -1.47. The van der Waals surface area contributed by atoms with Crippen molar-refractivity contribution in [1.29, 1.82) is 0 Å². The van der Waals surface area contributed by atoms with Gasteiger partial charge in [0.2, 0.25) is 5.82 Å². The van der Waals surface area contributed by atoms with Crippen molar-refractivity contribution in [3.63, 3.8) is 0 Å². The highest BCUT2D eigenvalue weighted by molar-refractivity contribution is 9.10. The molecule has 0 radical (unpaired) electrons. The predicted molar refractivity (Wildman–Crippen MR) is 84.2 cm³/mol. The molecule has 0 saturated carbocycles. The van der Waals surface area contributed by atoms with Crippen LogP contribution < -0.4 is 4.90 Å². The minimum absolute atomic E-state index is 0.0182. The molecule has 0 unspecified atom stereocenters. The number of nitrogens with zero attached hydrogens (tertiary/aromatic N) is 3. The van der Waals surface area contributed by atoms with E-state index >= 15 is 0 Å². The van der Waals surface area contributed by atoms with E-state index in [1.807, 2.05) is 36.3 Å². The summed E-state index contributed by atoms with van der Waals surface area (Å²) in [6, 6.07) is 5.60. The third-order valence-electron chi connectivity index (χ3n) is 2.81. The van der Waals surface area contributed by atoms with Crippen molar-refractivity contribution in [3.05, 3.63) is 49.2 Å². The number of thiophene rings is 1. The molecule has 0 aromatic carbocycles. The maximum Gasteiger partial charge on any atom is 0.312 e. The predicted octanol–water partition coefficient (Wildman–Crippen LogP) is 4.23. The largest absolute Gasteiger partial charge is 0.343 e. The molecule has 0 aliphatic heterocycles. The monoisotopic (exact) mass is 355 g/mol. The smallest absolute Gasteiger partial charge is 0.312 e. The topological polar surface area (TPSA) is 59.3 Å². The average Bonchev–Trinajstić information content (AvgIpc) is 2.89. The van der Waals surface area contributed by atoms with Crippen LogP contribution in [0, 0.1) is 10.1 Å². The van der Waals surface area contributed by atoms with Crippen LogP contribution in [0.2, 0.25) is 0 Å². The maximum absolute atomic E-state index is 11.2. The third-order valence-corrected chi connectivity index (χ3v) is 4.11. The van der Waals surface area contributed by atoms with E-state index in [1.165, 1.54) is 6.07 Å². The van der Waals surface area contributed by atoms with Gasteiger partial charge in [0.1, 0.15) is 0 Å². The molecule has 0 saturated heterocycles. The molecule has 0 amide bonds. The molecule has 2 aromatic rings. The van der Waals surface area contributed by atoms with Crippen molar-refractivity contribution in [2.75, 3.05) is 4.90 Å².